The van der Waals surface area contributed by atoms with Crippen molar-refractivity contribution in [1.82, 2.24) is 5.32 Å². The fourth-order valence-corrected chi connectivity index (χ4v) is 2.56. The van der Waals surface area contributed by atoms with Crippen LogP contribution in [0, 0.1) is 0 Å². The molecule has 0 aliphatic carbocycles. The smallest absolute Gasteiger partial charge is 0.255 e. The Hall–Kier alpha value is -2.04. The summed E-state index contributed by atoms with van der Waals surface area (Å²) >= 11 is 11.8. The second kappa shape index (κ2) is 8.18. The maximum atomic E-state index is 12.3. The highest BCUT2D eigenvalue weighted by molar-refractivity contribution is 6.35. The van der Waals surface area contributed by atoms with E-state index >= 15 is 0 Å². The Balaban J connectivity index is 2.14. The third kappa shape index (κ3) is 4.98. The van der Waals surface area contributed by atoms with Crippen molar-refractivity contribution in [2.75, 3.05) is 5.32 Å². The molecule has 1 atom stereocenters. The van der Waals surface area contributed by atoms with Crippen LogP contribution in [0.25, 0.3) is 0 Å². The Morgan fingerprint density at radius 1 is 1.00 bits per heavy atom. The summed E-state index contributed by atoms with van der Waals surface area (Å²) in [6.07, 6.45) is 0.845. The van der Waals surface area contributed by atoms with E-state index in [1.54, 1.807) is 30.3 Å². The van der Waals surface area contributed by atoms with Crippen molar-refractivity contribution in [3.05, 3.63) is 63.6 Å². The van der Waals surface area contributed by atoms with E-state index in [9.17, 15) is 9.59 Å². The van der Waals surface area contributed by atoms with E-state index in [2.05, 4.69) is 10.6 Å². The van der Waals surface area contributed by atoms with Crippen LogP contribution in [-0.4, -0.2) is 17.9 Å². The summed E-state index contributed by atoms with van der Waals surface area (Å²) in [5, 5.41) is 6.39. The lowest BCUT2D eigenvalue weighted by Gasteiger charge is -2.12. The van der Waals surface area contributed by atoms with Crippen molar-refractivity contribution >= 4 is 40.7 Å². The molecule has 6 heteroatoms. The second-order valence-electron chi connectivity index (χ2n) is 5.48. The summed E-state index contributed by atoms with van der Waals surface area (Å²) in [5.41, 5.74) is 1.35. The number of benzene rings is 2. The van der Waals surface area contributed by atoms with Gasteiger partial charge in [0, 0.05) is 32.9 Å². The van der Waals surface area contributed by atoms with Crippen molar-refractivity contribution in [1.29, 1.82) is 0 Å². The Bertz CT molecular complexity index is 742. The van der Waals surface area contributed by atoms with Gasteiger partial charge >= 0.3 is 0 Å². The first kappa shape index (κ1) is 18.3. The average molecular weight is 365 g/mol. The van der Waals surface area contributed by atoms with Crippen LogP contribution in [-0.2, 0) is 0 Å². The predicted molar refractivity (Wildman–Crippen MR) is 98.1 cm³/mol. The van der Waals surface area contributed by atoms with E-state index in [0.29, 0.717) is 26.9 Å². The Labute approximate surface area is 151 Å². The van der Waals surface area contributed by atoms with Crippen LogP contribution in [0.5, 0.6) is 0 Å². The molecule has 2 N–H and O–H groups in total. The molecular formula is C18H18Cl2N2O2. The molecule has 0 aliphatic heterocycles. The molecule has 0 spiro atoms. The lowest BCUT2D eigenvalue weighted by molar-refractivity contribution is 0.0938. The third-order valence-electron chi connectivity index (χ3n) is 3.50. The van der Waals surface area contributed by atoms with Gasteiger partial charge in [-0.2, -0.15) is 0 Å². The van der Waals surface area contributed by atoms with Gasteiger partial charge in [-0.25, -0.2) is 0 Å². The highest BCUT2D eigenvalue weighted by Gasteiger charge is 2.12. The second-order valence-corrected chi connectivity index (χ2v) is 6.35. The van der Waals surface area contributed by atoms with Gasteiger partial charge in [0.2, 0.25) is 0 Å². The van der Waals surface area contributed by atoms with Crippen molar-refractivity contribution in [3.8, 4) is 0 Å². The van der Waals surface area contributed by atoms with E-state index in [0.717, 1.165) is 6.42 Å². The third-order valence-corrected chi connectivity index (χ3v) is 3.93. The topological polar surface area (TPSA) is 58.2 Å². The maximum Gasteiger partial charge on any atom is 0.255 e. The first-order valence-electron chi connectivity index (χ1n) is 7.57. The van der Waals surface area contributed by atoms with Crippen LogP contribution in [0.4, 0.5) is 5.69 Å². The van der Waals surface area contributed by atoms with E-state index < -0.39 is 0 Å². The van der Waals surface area contributed by atoms with Crippen LogP contribution in [0.2, 0.25) is 10.0 Å². The van der Waals surface area contributed by atoms with Gasteiger partial charge < -0.3 is 10.6 Å². The summed E-state index contributed by atoms with van der Waals surface area (Å²) in [4.78, 5) is 24.4. The summed E-state index contributed by atoms with van der Waals surface area (Å²) in [7, 11) is 0. The summed E-state index contributed by atoms with van der Waals surface area (Å²) in [6.45, 7) is 3.93. The highest BCUT2D eigenvalue weighted by atomic mass is 35.5. The quantitative estimate of drug-likeness (QED) is 0.802. The average Bonchev–Trinajstić information content (AvgIpc) is 2.54. The first-order valence-corrected chi connectivity index (χ1v) is 8.33. The number of halogens is 2. The van der Waals surface area contributed by atoms with Crippen LogP contribution in [0.3, 0.4) is 0 Å². The molecule has 0 heterocycles. The van der Waals surface area contributed by atoms with Gasteiger partial charge in [-0.1, -0.05) is 36.2 Å². The molecule has 0 fully saturated rings. The predicted octanol–water partition coefficient (Wildman–Crippen LogP) is 4.77. The Morgan fingerprint density at radius 2 is 1.67 bits per heavy atom. The van der Waals surface area contributed by atoms with Crippen molar-refractivity contribution in [2.45, 2.75) is 26.3 Å². The zero-order valence-corrected chi connectivity index (χ0v) is 14.9. The van der Waals surface area contributed by atoms with E-state index in [4.69, 9.17) is 23.2 Å². The maximum absolute atomic E-state index is 12.3. The molecule has 2 aromatic carbocycles. The first-order chi connectivity index (χ1) is 11.4. The van der Waals surface area contributed by atoms with Crippen LogP contribution >= 0.6 is 23.2 Å². The summed E-state index contributed by atoms with van der Waals surface area (Å²) in [6, 6.07) is 11.5. The molecule has 0 aliphatic rings. The number of amides is 2. The molecular weight excluding hydrogens is 347 g/mol. The van der Waals surface area contributed by atoms with E-state index in [1.165, 1.54) is 12.1 Å². The van der Waals surface area contributed by atoms with Crippen molar-refractivity contribution in [3.63, 3.8) is 0 Å². The fraction of sp³-hybridized carbons (Fsp3) is 0.222. The number of hydrogen-bond acceptors (Lipinski definition) is 2. The summed E-state index contributed by atoms with van der Waals surface area (Å²) in [5.74, 6) is -0.523. The van der Waals surface area contributed by atoms with Gasteiger partial charge in [-0.05, 0) is 49.7 Å². The van der Waals surface area contributed by atoms with Crippen LogP contribution in [0.15, 0.2) is 42.5 Å². The number of hydrogen-bond donors (Lipinski definition) is 2. The zero-order valence-electron chi connectivity index (χ0n) is 13.4. The molecule has 0 aromatic heterocycles. The van der Waals surface area contributed by atoms with Gasteiger partial charge in [-0.15, -0.1) is 0 Å². The van der Waals surface area contributed by atoms with Crippen LogP contribution < -0.4 is 10.6 Å². The van der Waals surface area contributed by atoms with E-state index in [1.807, 2.05) is 13.8 Å². The highest BCUT2D eigenvalue weighted by Crippen LogP contribution is 2.20. The van der Waals surface area contributed by atoms with Gasteiger partial charge in [0.1, 0.15) is 0 Å². The molecule has 24 heavy (non-hydrogen) atoms. The summed E-state index contributed by atoms with van der Waals surface area (Å²) < 4.78 is 0. The van der Waals surface area contributed by atoms with Crippen molar-refractivity contribution < 1.29 is 9.59 Å². The minimum atomic E-state index is -0.348. The zero-order chi connectivity index (χ0) is 17.7. The van der Waals surface area contributed by atoms with Gasteiger partial charge in [0.15, 0.2) is 0 Å². The number of anilines is 1. The lowest BCUT2D eigenvalue weighted by Crippen LogP contribution is -2.31. The molecule has 2 rings (SSSR count). The van der Waals surface area contributed by atoms with E-state index in [-0.39, 0.29) is 17.9 Å². The van der Waals surface area contributed by atoms with Gasteiger partial charge in [-0.3, -0.25) is 9.59 Å². The molecule has 2 amide bonds. The lowest BCUT2D eigenvalue weighted by atomic mass is 10.1. The standard InChI is InChI=1S/C18H18Cl2N2O2/c1-3-11(2)21-17(23)12-5-4-6-16(9-12)22-18(24)13-7-14(19)10-15(20)8-13/h4-11H,3H2,1-2H3,(H,21,23)(H,22,24). The molecule has 1 unspecified atom stereocenters. The number of carbonyl (C=O) groups excluding carboxylic acids is 2. The number of rotatable bonds is 5. The minimum absolute atomic E-state index is 0.0874. The van der Waals surface area contributed by atoms with Gasteiger partial charge in [0.05, 0.1) is 0 Å². The normalized spacial score (nSPS) is 11.7. The van der Waals surface area contributed by atoms with Gasteiger partial charge in [0.25, 0.3) is 11.8 Å². The molecule has 0 bridgehead atoms. The molecule has 0 saturated carbocycles. The molecule has 2 aromatic rings. The Morgan fingerprint density at radius 3 is 2.29 bits per heavy atom. The minimum Gasteiger partial charge on any atom is -0.350 e. The van der Waals surface area contributed by atoms with Crippen molar-refractivity contribution in [2.24, 2.45) is 0 Å². The molecule has 4 nitrogen and oxygen atoms in total. The Kier molecular flexibility index (Phi) is 6.23. The number of carbonyl (C=O) groups is 2. The monoisotopic (exact) mass is 364 g/mol. The fourth-order valence-electron chi connectivity index (χ4n) is 2.04. The van der Waals surface area contributed by atoms with Crippen LogP contribution in [0.1, 0.15) is 41.0 Å². The molecule has 0 radical (unpaired) electrons. The SMILES string of the molecule is CCC(C)NC(=O)c1cccc(NC(=O)c2cc(Cl)cc(Cl)c2)c1. The molecule has 0 saturated heterocycles. The number of nitrogens with one attached hydrogen (secondary N) is 2. The molecule has 126 valence electrons. The largest absolute Gasteiger partial charge is 0.350 e.